The first-order valence-corrected chi connectivity index (χ1v) is 10.7. The van der Waals surface area contributed by atoms with Crippen molar-refractivity contribution in [1.82, 2.24) is 5.32 Å². The Balaban J connectivity index is 1.44. The molecule has 1 amide bonds. The summed E-state index contributed by atoms with van der Waals surface area (Å²) in [5.74, 6) is -0.368. The minimum absolute atomic E-state index is 0.103. The predicted molar refractivity (Wildman–Crippen MR) is 120 cm³/mol. The Bertz CT molecular complexity index is 999. The molecule has 0 unspecified atom stereocenters. The van der Waals surface area contributed by atoms with Crippen molar-refractivity contribution in [1.29, 1.82) is 0 Å². The molecule has 1 heterocycles. The summed E-state index contributed by atoms with van der Waals surface area (Å²) in [6.45, 7) is 1.37. The van der Waals surface area contributed by atoms with Crippen molar-refractivity contribution in [2.75, 3.05) is 25.1 Å². The highest BCUT2D eigenvalue weighted by atomic mass is 19.1. The number of anilines is 1. The van der Waals surface area contributed by atoms with E-state index in [9.17, 15) is 9.18 Å². The van der Waals surface area contributed by atoms with E-state index in [-0.39, 0.29) is 18.3 Å². The van der Waals surface area contributed by atoms with Crippen LogP contribution in [-0.4, -0.2) is 25.7 Å². The normalized spacial score (nSPS) is 15.4. The summed E-state index contributed by atoms with van der Waals surface area (Å²) < 4.78 is 18.9. The molecular formula is C26H27FN2O2. The van der Waals surface area contributed by atoms with Crippen molar-refractivity contribution in [2.45, 2.75) is 24.8 Å². The van der Waals surface area contributed by atoms with E-state index in [0.29, 0.717) is 13.2 Å². The monoisotopic (exact) mass is 418 g/mol. The van der Waals surface area contributed by atoms with Crippen LogP contribution in [0.3, 0.4) is 0 Å². The van der Waals surface area contributed by atoms with Crippen molar-refractivity contribution in [2.24, 2.45) is 0 Å². The van der Waals surface area contributed by atoms with Gasteiger partial charge in [-0.05, 0) is 54.2 Å². The van der Waals surface area contributed by atoms with Crippen LogP contribution in [-0.2, 0) is 21.5 Å². The number of ether oxygens (including phenoxy) is 1. The number of hydrogen-bond acceptors (Lipinski definition) is 3. The molecule has 0 saturated carbocycles. The lowest BCUT2D eigenvalue weighted by atomic mass is 9.82. The number of para-hydroxylation sites is 1. The summed E-state index contributed by atoms with van der Waals surface area (Å²) >= 11 is 0. The van der Waals surface area contributed by atoms with Crippen LogP contribution < -0.4 is 10.6 Å². The molecule has 3 aromatic carbocycles. The first-order chi connectivity index (χ1) is 15.1. The highest BCUT2D eigenvalue weighted by Crippen LogP contribution is 2.32. The van der Waals surface area contributed by atoms with Gasteiger partial charge < -0.3 is 10.1 Å². The smallest absolute Gasteiger partial charge is 0.238 e. The third kappa shape index (κ3) is 5.37. The van der Waals surface area contributed by atoms with Crippen molar-refractivity contribution >= 4 is 11.6 Å². The Hall–Kier alpha value is -3.02. The average molecular weight is 419 g/mol. The van der Waals surface area contributed by atoms with Gasteiger partial charge in [-0.3, -0.25) is 10.1 Å². The van der Waals surface area contributed by atoms with Crippen LogP contribution in [0.5, 0.6) is 0 Å². The molecule has 5 heteroatoms. The molecule has 0 aromatic heterocycles. The summed E-state index contributed by atoms with van der Waals surface area (Å²) in [5.41, 5.74) is 3.67. The minimum atomic E-state index is -0.396. The zero-order valence-electron chi connectivity index (χ0n) is 17.4. The van der Waals surface area contributed by atoms with E-state index in [1.165, 1.54) is 17.7 Å². The molecule has 0 spiro atoms. The first-order valence-electron chi connectivity index (χ1n) is 10.7. The molecule has 1 saturated heterocycles. The average Bonchev–Trinajstić information content (AvgIpc) is 2.81. The molecule has 1 aliphatic heterocycles. The first kappa shape index (κ1) is 21.2. The van der Waals surface area contributed by atoms with Gasteiger partial charge >= 0.3 is 0 Å². The zero-order chi connectivity index (χ0) is 21.5. The Labute approximate surface area is 182 Å². The van der Waals surface area contributed by atoms with Crippen molar-refractivity contribution in [3.63, 3.8) is 0 Å². The van der Waals surface area contributed by atoms with Gasteiger partial charge in [-0.2, -0.15) is 0 Å². The summed E-state index contributed by atoms with van der Waals surface area (Å²) in [7, 11) is 0. The highest BCUT2D eigenvalue weighted by Gasteiger charge is 2.34. The second-order valence-electron chi connectivity index (χ2n) is 7.92. The molecule has 4 rings (SSSR count). The second kappa shape index (κ2) is 9.86. The lowest BCUT2D eigenvalue weighted by Gasteiger charge is -2.38. The van der Waals surface area contributed by atoms with Crippen LogP contribution in [0.1, 0.15) is 29.5 Å². The molecule has 1 aliphatic rings. The summed E-state index contributed by atoms with van der Waals surface area (Å²) in [5, 5.41) is 6.50. The Kier molecular flexibility index (Phi) is 6.75. The van der Waals surface area contributed by atoms with Crippen LogP contribution >= 0.6 is 0 Å². The molecule has 0 atom stereocenters. The van der Waals surface area contributed by atoms with E-state index < -0.39 is 5.54 Å². The van der Waals surface area contributed by atoms with Gasteiger partial charge in [-0.25, -0.2) is 4.39 Å². The Morgan fingerprint density at radius 1 is 0.903 bits per heavy atom. The zero-order valence-corrected chi connectivity index (χ0v) is 17.4. The highest BCUT2D eigenvalue weighted by molar-refractivity contribution is 5.93. The van der Waals surface area contributed by atoms with E-state index in [1.807, 2.05) is 42.5 Å². The van der Waals surface area contributed by atoms with E-state index in [4.69, 9.17) is 4.74 Å². The fourth-order valence-corrected chi connectivity index (χ4v) is 4.11. The molecule has 160 valence electrons. The number of halogens is 1. The van der Waals surface area contributed by atoms with Gasteiger partial charge in [0, 0.05) is 24.4 Å². The van der Waals surface area contributed by atoms with Gasteiger partial charge in [0.2, 0.25) is 5.91 Å². The van der Waals surface area contributed by atoms with Gasteiger partial charge in [-0.15, -0.1) is 0 Å². The van der Waals surface area contributed by atoms with Crippen molar-refractivity contribution in [3.05, 3.63) is 101 Å². The molecule has 3 aromatic rings. The van der Waals surface area contributed by atoms with Gasteiger partial charge in [0.1, 0.15) is 5.82 Å². The van der Waals surface area contributed by atoms with Crippen LogP contribution in [0, 0.1) is 5.82 Å². The Morgan fingerprint density at radius 3 is 2.32 bits per heavy atom. The van der Waals surface area contributed by atoms with Gasteiger partial charge in [-0.1, -0.05) is 60.7 Å². The van der Waals surface area contributed by atoms with E-state index in [2.05, 4.69) is 22.8 Å². The number of benzene rings is 3. The number of hydrogen-bond donors (Lipinski definition) is 2. The second-order valence-corrected chi connectivity index (χ2v) is 7.92. The van der Waals surface area contributed by atoms with Crippen LogP contribution in [0.15, 0.2) is 78.9 Å². The molecule has 1 fully saturated rings. The molecule has 4 nitrogen and oxygen atoms in total. The number of amides is 1. The van der Waals surface area contributed by atoms with E-state index in [1.54, 1.807) is 12.1 Å². The number of nitrogens with one attached hydrogen (secondary N) is 2. The fourth-order valence-electron chi connectivity index (χ4n) is 4.11. The summed E-state index contributed by atoms with van der Waals surface area (Å²) in [4.78, 5) is 12.8. The molecule has 0 bridgehead atoms. The lowest BCUT2D eigenvalue weighted by molar-refractivity contribution is -0.116. The fraction of sp³-hybridized carbons (Fsp3) is 0.269. The molecule has 0 radical (unpaired) electrons. The SMILES string of the molecule is O=C(CNC1(c2ccc(F)cc2)CCOCC1)Nc1ccccc1Cc1ccccc1. The lowest BCUT2D eigenvalue weighted by Crippen LogP contribution is -2.49. The molecule has 0 aliphatic carbocycles. The third-order valence-corrected chi connectivity index (χ3v) is 5.86. The minimum Gasteiger partial charge on any atom is -0.381 e. The topological polar surface area (TPSA) is 50.4 Å². The van der Waals surface area contributed by atoms with Crippen LogP contribution in [0.2, 0.25) is 0 Å². The molecular weight excluding hydrogens is 391 g/mol. The maximum Gasteiger partial charge on any atom is 0.238 e. The van der Waals surface area contributed by atoms with Crippen LogP contribution in [0.25, 0.3) is 0 Å². The van der Waals surface area contributed by atoms with E-state index in [0.717, 1.165) is 36.1 Å². The molecule has 2 N–H and O–H groups in total. The summed E-state index contributed by atoms with van der Waals surface area (Å²) in [6.07, 6.45) is 2.22. The van der Waals surface area contributed by atoms with Gasteiger partial charge in [0.15, 0.2) is 0 Å². The Morgan fingerprint density at radius 2 is 1.58 bits per heavy atom. The van der Waals surface area contributed by atoms with Crippen LogP contribution in [0.4, 0.5) is 10.1 Å². The standard InChI is InChI=1S/C26H27FN2O2/c27-23-12-10-22(11-13-23)26(14-16-31-17-15-26)28-19-25(30)29-24-9-5-4-8-21(24)18-20-6-2-1-3-7-20/h1-13,28H,14-19H2,(H,29,30). The maximum atomic E-state index is 13.4. The molecule has 31 heavy (non-hydrogen) atoms. The largest absolute Gasteiger partial charge is 0.381 e. The number of carbonyl (C=O) groups is 1. The van der Waals surface area contributed by atoms with Gasteiger partial charge in [0.25, 0.3) is 0 Å². The summed E-state index contributed by atoms with van der Waals surface area (Å²) in [6, 6.07) is 24.6. The number of rotatable bonds is 7. The van der Waals surface area contributed by atoms with Crippen molar-refractivity contribution in [3.8, 4) is 0 Å². The van der Waals surface area contributed by atoms with Crippen molar-refractivity contribution < 1.29 is 13.9 Å². The number of carbonyl (C=O) groups excluding carboxylic acids is 1. The predicted octanol–water partition coefficient (Wildman–Crippen LogP) is 4.65. The third-order valence-electron chi connectivity index (χ3n) is 5.86. The van der Waals surface area contributed by atoms with E-state index >= 15 is 0 Å². The van der Waals surface area contributed by atoms with Gasteiger partial charge in [0.05, 0.1) is 6.54 Å². The maximum absolute atomic E-state index is 13.4. The quantitative estimate of drug-likeness (QED) is 0.587.